The Morgan fingerprint density at radius 3 is 2.26 bits per heavy atom. The highest BCUT2D eigenvalue weighted by atomic mass is 16.5. The predicted molar refractivity (Wildman–Crippen MR) is 144 cm³/mol. The van der Waals surface area contributed by atoms with Crippen LogP contribution >= 0.6 is 0 Å². The van der Waals surface area contributed by atoms with Crippen LogP contribution in [-0.2, 0) is 19.1 Å². The molecule has 0 bridgehead atoms. The van der Waals surface area contributed by atoms with Gasteiger partial charge in [-0.1, -0.05) is 56.4 Å². The second-order valence-corrected chi connectivity index (χ2v) is 11.9. The molecule has 0 radical (unpaired) electrons. The predicted octanol–water partition coefficient (Wildman–Crippen LogP) is 2.77. The molecule has 1 N–H and O–H groups in total. The number of anilines is 1. The average molecular weight is 522 g/mol. The highest BCUT2D eigenvalue weighted by molar-refractivity contribution is 6.04. The number of likely N-dealkylation sites (tertiary alicyclic amines) is 1. The molecule has 3 amide bonds. The first-order valence-corrected chi connectivity index (χ1v) is 13.7. The maximum Gasteiger partial charge on any atom is 0.249 e. The number of carbonyl (C=O) groups excluding carboxylic acids is 3. The Kier molecular flexibility index (Phi) is 6.76. The van der Waals surface area contributed by atoms with Gasteiger partial charge in [-0.25, -0.2) is 0 Å². The van der Waals surface area contributed by atoms with Gasteiger partial charge in [0, 0.05) is 24.8 Å². The van der Waals surface area contributed by atoms with E-state index >= 15 is 0 Å². The lowest BCUT2D eigenvalue weighted by Crippen LogP contribution is -2.59. The van der Waals surface area contributed by atoms with Gasteiger partial charge in [-0.05, 0) is 45.2 Å². The number of hydrogen-bond acceptors (Lipinski definition) is 5. The van der Waals surface area contributed by atoms with E-state index in [0.29, 0.717) is 19.5 Å². The topological polar surface area (TPSA) is 90.4 Å². The molecular formula is C30H39N3O5. The summed E-state index contributed by atoms with van der Waals surface area (Å²) >= 11 is 0. The van der Waals surface area contributed by atoms with Crippen LogP contribution in [0.2, 0.25) is 0 Å². The zero-order chi connectivity index (χ0) is 27.4. The van der Waals surface area contributed by atoms with Crippen molar-refractivity contribution in [2.75, 3.05) is 24.6 Å². The third-order valence-electron chi connectivity index (χ3n) is 8.56. The van der Waals surface area contributed by atoms with Crippen LogP contribution in [0.4, 0.5) is 5.69 Å². The van der Waals surface area contributed by atoms with Crippen LogP contribution in [0.15, 0.2) is 54.6 Å². The fourth-order valence-electron chi connectivity index (χ4n) is 7.00. The number of para-hydroxylation sites is 1. The molecule has 204 valence electrons. The highest BCUT2D eigenvalue weighted by Crippen LogP contribution is 2.58. The van der Waals surface area contributed by atoms with Crippen LogP contribution < -0.4 is 4.90 Å². The molecule has 8 nitrogen and oxygen atoms in total. The second-order valence-electron chi connectivity index (χ2n) is 11.9. The fourth-order valence-corrected chi connectivity index (χ4v) is 7.00. The molecule has 5 rings (SSSR count). The van der Waals surface area contributed by atoms with Crippen molar-refractivity contribution in [3.05, 3.63) is 54.6 Å². The lowest BCUT2D eigenvalue weighted by Gasteiger charge is -2.41. The Hall–Kier alpha value is -2.97. The molecule has 1 aromatic rings. The molecule has 6 atom stereocenters. The number of carbonyl (C=O) groups is 3. The van der Waals surface area contributed by atoms with E-state index in [9.17, 15) is 19.5 Å². The van der Waals surface area contributed by atoms with Gasteiger partial charge in [0.15, 0.2) is 0 Å². The van der Waals surface area contributed by atoms with Crippen molar-refractivity contribution in [1.29, 1.82) is 0 Å². The summed E-state index contributed by atoms with van der Waals surface area (Å²) in [5.41, 5.74) is -1.64. The van der Waals surface area contributed by atoms with Gasteiger partial charge < -0.3 is 24.5 Å². The van der Waals surface area contributed by atoms with Crippen molar-refractivity contribution >= 4 is 23.4 Å². The van der Waals surface area contributed by atoms with Gasteiger partial charge in [0.2, 0.25) is 17.7 Å². The third-order valence-corrected chi connectivity index (χ3v) is 8.56. The summed E-state index contributed by atoms with van der Waals surface area (Å²) in [5.74, 6) is -2.25. The van der Waals surface area contributed by atoms with Crippen LogP contribution in [0.3, 0.4) is 0 Å². The molecule has 2 fully saturated rings. The molecule has 0 aromatic heterocycles. The van der Waals surface area contributed by atoms with Crippen molar-refractivity contribution in [1.82, 2.24) is 9.80 Å². The highest BCUT2D eigenvalue weighted by Gasteiger charge is 2.75. The molecule has 4 aliphatic rings. The Balaban J connectivity index is 1.67. The van der Waals surface area contributed by atoms with Crippen molar-refractivity contribution in [2.45, 2.75) is 70.4 Å². The Morgan fingerprint density at radius 2 is 1.63 bits per heavy atom. The maximum absolute atomic E-state index is 14.5. The molecular weight excluding hydrogens is 482 g/mol. The summed E-state index contributed by atoms with van der Waals surface area (Å²) in [5, 5.41) is 10.4. The minimum atomic E-state index is -1.32. The van der Waals surface area contributed by atoms with Crippen molar-refractivity contribution < 1.29 is 24.2 Å². The summed E-state index contributed by atoms with van der Waals surface area (Å²) in [6.07, 6.45) is 8.10. The number of aliphatic hydroxyl groups is 1. The minimum Gasteiger partial charge on any atom is -0.394 e. The molecule has 2 saturated heterocycles. The first-order valence-electron chi connectivity index (χ1n) is 13.7. The number of rotatable bonds is 6. The maximum atomic E-state index is 14.5. The molecule has 0 aliphatic carbocycles. The zero-order valence-electron chi connectivity index (χ0n) is 22.9. The summed E-state index contributed by atoms with van der Waals surface area (Å²) < 4.78 is 6.87. The quantitative estimate of drug-likeness (QED) is 0.582. The molecule has 4 aliphatic heterocycles. The number of nitrogens with zero attached hydrogens (tertiary/aromatic N) is 3. The van der Waals surface area contributed by atoms with Crippen LogP contribution in [0.1, 0.15) is 41.0 Å². The number of benzene rings is 1. The van der Waals surface area contributed by atoms with Crippen molar-refractivity contribution in [2.24, 2.45) is 17.8 Å². The Labute approximate surface area is 224 Å². The zero-order valence-corrected chi connectivity index (χ0v) is 22.9. The van der Waals surface area contributed by atoms with Gasteiger partial charge in [0.25, 0.3) is 0 Å². The van der Waals surface area contributed by atoms with Crippen LogP contribution in [-0.4, -0.2) is 81.7 Å². The van der Waals surface area contributed by atoms with Gasteiger partial charge in [0.1, 0.15) is 11.6 Å². The second kappa shape index (κ2) is 9.65. The van der Waals surface area contributed by atoms with E-state index in [1.807, 2.05) is 89.3 Å². The largest absolute Gasteiger partial charge is 0.394 e. The van der Waals surface area contributed by atoms with Crippen molar-refractivity contribution in [3.63, 3.8) is 0 Å². The monoisotopic (exact) mass is 521 g/mol. The van der Waals surface area contributed by atoms with Gasteiger partial charge >= 0.3 is 0 Å². The van der Waals surface area contributed by atoms with E-state index in [4.69, 9.17) is 4.74 Å². The fraction of sp³-hybridized carbons (Fsp3) is 0.567. The number of hydrogen-bond donors (Lipinski definition) is 1. The van der Waals surface area contributed by atoms with Gasteiger partial charge in [-0.15, -0.1) is 0 Å². The first-order chi connectivity index (χ1) is 18.1. The van der Waals surface area contributed by atoms with Gasteiger partial charge in [-0.2, -0.15) is 0 Å². The van der Waals surface area contributed by atoms with Crippen molar-refractivity contribution in [3.8, 4) is 0 Å². The summed E-state index contributed by atoms with van der Waals surface area (Å²) in [4.78, 5) is 48.1. The number of ether oxygens (including phenoxy) is 1. The minimum absolute atomic E-state index is 0.0893. The molecule has 8 heteroatoms. The number of aliphatic hydroxyl groups excluding tert-OH is 1. The first kappa shape index (κ1) is 26.6. The van der Waals surface area contributed by atoms with E-state index in [1.165, 1.54) is 0 Å². The molecule has 1 spiro atoms. The standard InChI is InChI=1S/C30H39N3O5/c1-19(2)17-22(18-34)33-25-28(37)31(20(3)4)15-10-14-30(25)24(27(33)36)23-26(35)32(21-11-7-6-8-12-21)16-9-13-29(23,5)38-30/h6-14,19-20,22-25,34H,15-18H2,1-5H3/t22-,23-,24+,25?,29+,30+/m1/s1. The third kappa shape index (κ3) is 3.92. The van der Waals surface area contributed by atoms with Crippen LogP contribution in [0, 0.1) is 17.8 Å². The Bertz CT molecular complexity index is 1160. The van der Waals surface area contributed by atoms with Gasteiger partial charge in [-0.3, -0.25) is 14.4 Å². The molecule has 0 saturated carbocycles. The van der Waals surface area contributed by atoms with E-state index in [-0.39, 0.29) is 36.3 Å². The molecule has 38 heavy (non-hydrogen) atoms. The summed E-state index contributed by atoms with van der Waals surface area (Å²) in [6, 6.07) is 7.81. The normalized spacial score (nSPS) is 33.5. The van der Waals surface area contributed by atoms with E-state index in [1.54, 1.807) is 14.7 Å². The molecule has 1 unspecified atom stereocenters. The van der Waals surface area contributed by atoms with Crippen LogP contribution in [0.25, 0.3) is 0 Å². The SMILES string of the molecule is CC(C)C[C@H](CO)N1C(=O)[C@@H]2[C@@H]3C(=O)N(c4ccccc4)CC=C[C@]3(C)O[C@@]23C=CCN(C(C)C)C(=O)C13. The smallest absolute Gasteiger partial charge is 0.249 e. The van der Waals surface area contributed by atoms with E-state index in [2.05, 4.69) is 0 Å². The lowest BCUT2D eigenvalue weighted by atomic mass is 9.74. The summed E-state index contributed by atoms with van der Waals surface area (Å²) in [6.45, 7) is 10.3. The Morgan fingerprint density at radius 1 is 0.947 bits per heavy atom. The lowest BCUT2D eigenvalue weighted by molar-refractivity contribution is -0.155. The number of fused-ring (bicyclic) bond motifs is 2. The van der Waals surface area contributed by atoms with E-state index < -0.39 is 35.1 Å². The average Bonchev–Trinajstić information content (AvgIpc) is 3.14. The van der Waals surface area contributed by atoms with Crippen LogP contribution in [0.5, 0.6) is 0 Å². The van der Waals surface area contributed by atoms with Gasteiger partial charge in [0.05, 0.1) is 30.1 Å². The number of amides is 3. The summed E-state index contributed by atoms with van der Waals surface area (Å²) in [7, 11) is 0. The van der Waals surface area contributed by atoms with E-state index in [0.717, 1.165) is 5.69 Å². The molecule has 4 heterocycles. The molecule has 1 aromatic carbocycles.